The zero-order valence-corrected chi connectivity index (χ0v) is 8.68. The number of nitriles is 2. The van der Waals surface area contributed by atoms with Gasteiger partial charge in [0.05, 0.1) is 11.1 Å². The number of rotatable bonds is 1. The minimum atomic E-state index is -0.771. The Balaban J connectivity index is 2.67. The lowest BCUT2D eigenvalue weighted by atomic mass is 10.0. The first-order valence-corrected chi connectivity index (χ1v) is 4.80. The molecule has 0 aliphatic rings. The zero-order chi connectivity index (χ0) is 12.3. The minimum absolute atomic E-state index is 0.129. The summed E-state index contributed by atoms with van der Waals surface area (Å²) in [5.41, 5.74) is 1.15. The molecule has 0 amide bonds. The van der Waals surface area contributed by atoms with Gasteiger partial charge < -0.3 is 0 Å². The van der Waals surface area contributed by atoms with Gasteiger partial charge in [0.2, 0.25) is 0 Å². The molecular formula is C13H6FN3. The molecule has 0 unspecified atom stereocenters. The van der Waals surface area contributed by atoms with E-state index in [2.05, 4.69) is 4.98 Å². The summed E-state index contributed by atoms with van der Waals surface area (Å²) in [5.74, 6) is -0.771. The second kappa shape index (κ2) is 4.42. The van der Waals surface area contributed by atoms with Gasteiger partial charge in [0.25, 0.3) is 0 Å². The van der Waals surface area contributed by atoms with Gasteiger partial charge in [-0.2, -0.15) is 10.5 Å². The molecule has 3 nitrogen and oxygen atoms in total. The maximum atomic E-state index is 13.5. The summed E-state index contributed by atoms with van der Waals surface area (Å²) in [4.78, 5) is 3.87. The van der Waals surface area contributed by atoms with E-state index in [-0.39, 0.29) is 11.1 Å². The lowest BCUT2D eigenvalue weighted by Gasteiger charge is -2.03. The summed E-state index contributed by atoms with van der Waals surface area (Å²) < 4.78 is 13.5. The van der Waals surface area contributed by atoms with Crippen molar-refractivity contribution in [3.63, 3.8) is 0 Å². The summed E-state index contributed by atoms with van der Waals surface area (Å²) in [5, 5.41) is 17.6. The van der Waals surface area contributed by atoms with E-state index < -0.39 is 5.82 Å². The molecule has 0 saturated heterocycles. The molecule has 0 saturated carbocycles. The fourth-order valence-electron chi connectivity index (χ4n) is 1.50. The molecule has 0 radical (unpaired) electrons. The van der Waals surface area contributed by atoms with Crippen molar-refractivity contribution in [3.05, 3.63) is 53.6 Å². The van der Waals surface area contributed by atoms with Crippen LogP contribution in [0.25, 0.3) is 11.1 Å². The highest BCUT2D eigenvalue weighted by molar-refractivity contribution is 5.67. The quantitative estimate of drug-likeness (QED) is 0.746. The predicted octanol–water partition coefficient (Wildman–Crippen LogP) is 2.63. The number of halogens is 1. The molecule has 17 heavy (non-hydrogen) atoms. The Hall–Kier alpha value is -2.72. The van der Waals surface area contributed by atoms with Crippen molar-refractivity contribution in [2.24, 2.45) is 0 Å². The Labute approximate surface area is 97.4 Å². The maximum Gasteiger partial charge on any atom is 0.158 e. The van der Waals surface area contributed by atoms with E-state index in [0.717, 1.165) is 5.56 Å². The van der Waals surface area contributed by atoms with Crippen molar-refractivity contribution in [2.45, 2.75) is 0 Å². The molecule has 1 aromatic carbocycles. The van der Waals surface area contributed by atoms with Crippen LogP contribution in [0.3, 0.4) is 0 Å². The molecule has 80 valence electrons. The van der Waals surface area contributed by atoms with E-state index in [1.807, 2.05) is 0 Å². The molecule has 2 rings (SSSR count). The van der Waals surface area contributed by atoms with Gasteiger partial charge in [0.15, 0.2) is 5.82 Å². The van der Waals surface area contributed by atoms with Crippen molar-refractivity contribution in [1.29, 1.82) is 10.5 Å². The maximum absolute atomic E-state index is 13.5. The highest BCUT2D eigenvalue weighted by Crippen LogP contribution is 2.23. The van der Waals surface area contributed by atoms with Gasteiger partial charge >= 0.3 is 0 Å². The topological polar surface area (TPSA) is 60.5 Å². The molecule has 0 spiro atoms. The average Bonchev–Trinajstić information content (AvgIpc) is 2.40. The second-order valence-corrected chi connectivity index (χ2v) is 3.34. The average molecular weight is 223 g/mol. The highest BCUT2D eigenvalue weighted by Gasteiger charge is 2.11. The van der Waals surface area contributed by atoms with Crippen LogP contribution < -0.4 is 0 Å². The smallest absolute Gasteiger partial charge is 0.158 e. The van der Waals surface area contributed by atoms with Gasteiger partial charge in [0, 0.05) is 12.4 Å². The van der Waals surface area contributed by atoms with Crippen molar-refractivity contribution < 1.29 is 4.39 Å². The van der Waals surface area contributed by atoms with E-state index in [1.54, 1.807) is 36.7 Å². The molecule has 1 heterocycles. The molecular weight excluding hydrogens is 217 g/mol. The van der Waals surface area contributed by atoms with Crippen LogP contribution in [-0.4, -0.2) is 4.98 Å². The molecule has 1 aromatic heterocycles. The van der Waals surface area contributed by atoms with E-state index >= 15 is 0 Å². The second-order valence-electron chi connectivity index (χ2n) is 3.34. The molecule has 4 heteroatoms. The first-order chi connectivity index (χ1) is 8.26. The number of hydrogen-bond acceptors (Lipinski definition) is 3. The lowest BCUT2D eigenvalue weighted by molar-refractivity contribution is 0.620. The minimum Gasteiger partial charge on any atom is -0.265 e. The molecule has 0 aliphatic carbocycles. The molecule has 0 N–H and O–H groups in total. The van der Waals surface area contributed by atoms with Gasteiger partial charge in [0.1, 0.15) is 12.1 Å². The summed E-state index contributed by atoms with van der Waals surface area (Å²) in [6.45, 7) is 0. The van der Waals surface area contributed by atoms with Gasteiger partial charge in [-0.15, -0.1) is 0 Å². The van der Waals surface area contributed by atoms with Crippen molar-refractivity contribution >= 4 is 0 Å². The summed E-state index contributed by atoms with van der Waals surface area (Å²) >= 11 is 0. The molecule has 0 bridgehead atoms. The SMILES string of the molecule is N#Cc1cc(-c2ccncc2)cc(C#N)c1F. The van der Waals surface area contributed by atoms with Crippen molar-refractivity contribution in [1.82, 2.24) is 4.98 Å². The van der Waals surface area contributed by atoms with Gasteiger partial charge in [-0.05, 0) is 35.4 Å². The van der Waals surface area contributed by atoms with E-state index in [4.69, 9.17) is 10.5 Å². The predicted molar refractivity (Wildman–Crippen MR) is 59.1 cm³/mol. The van der Waals surface area contributed by atoms with E-state index in [9.17, 15) is 4.39 Å². The fourth-order valence-corrected chi connectivity index (χ4v) is 1.50. The highest BCUT2D eigenvalue weighted by atomic mass is 19.1. The summed E-state index contributed by atoms with van der Waals surface area (Å²) in [7, 11) is 0. The third-order valence-corrected chi connectivity index (χ3v) is 2.33. The lowest BCUT2D eigenvalue weighted by Crippen LogP contribution is -1.92. The van der Waals surface area contributed by atoms with Crippen LogP contribution in [0.15, 0.2) is 36.7 Å². The first-order valence-electron chi connectivity index (χ1n) is 4.80. The van der Waals surface area contributed by atoms with Crippen LogP contribution in [0.1, 0.15) is 11.1 Å². The zero-order valence-electron chi connectivity index (χ0n) is 8.68. The van der Waals surface area contributed by atoms with Crippen LogP contribution in [0.2, 0.25) is 0 Å². The Morgan fingerprint density at radius 1 is 0.941 bits per heavy atom. The number of benzene rings is 1. The van der Waals surface area contributed by atoms with Crippen LogP contribution in [0, 0.1) is 28.5 Å². The van der Waals surface area contributed by atoms with E-state index in [0.29, 0.717) is 5.56 Å². The normalized spacial score (nSPS) is 9.35. The monoisotopic (exact) mass is 223 g/mol. The van der Waals surface area contributed by atoms with Crippen LogP contribution in [-0.2, 0) is 0 Å². The Bertz CT molecular complexity index is 601. The number of hydrogen-bond donors (Lipinski definition) is 0. The number of pyridine rings is 1. The standard InChI is InChI=1S/C13H6FN3/c14-13-11(7-15)5-10(6-12(13)8-16)9-1-3-17-4-2-9/h1-6H. The Morgan fingerprint density at radius 3 is 1.94 bits per heavy atom. The fraction of sp³-hybridized carbons (Fsp3) is 0. The third kappa shape index (κ3) is 1.97. The molecule has 2 aromatic rings. The van der Waals surface area contributed by atoms with Crippen LogP contribution >= 0.6 is 0 Å². The molecule has 0 aliphatic heterocycles. The molecule has 0 fully saturated rings. The summed E-state index contributed by atoms with van der Waals surface area (Å²) in [6.07, 6.45) is 3.19. The Morgan fingerprint density at radius 2 is 1.47 bits per heavy atom. The first kappa shape index (κ1) is 10.8. The van der Waals surface area contributed by atoms with Crippen LogP contribution in [0.5, 0.6) is 0 Å². The number of aromatic nitrogens is 1. The number of nitrogens with zero attached hydrogens (tertiary/aromatic N) is 3. The van der Waals surface area contributed by atoms with Crippen LogP contribution in [0.4, 0.5) is 4.39 Å². The van der Waals surface area contributed by atoms with Gasteiger partial charge in [-0.3, -0.25) is 4.98 Å². The van der Waals surface area contributed by atoms with Gasteiger partial charge in [-0.25, -0.2) is 4.39 Å². The third-order valence-electron chi connectivity index (χ3n) is 2.33. The molecule has 0 atom stereocenters. The Kier molecular flexibility index (Phi) is 2.81. The summed E-state index contributed by atoms with van der Waals surface area (Å²) in [6, 6.07) is 9.78. The van der Waals surface area contributed by atoms with Crippen molar-refractivity contribution in [2.75, 3.05) is 0 Å². The van der Waals surface area contributed by atoms with Crippen molar-refractivity contribution in [3.8, 4) is 23.3 Å². The van der Waals surface area contributed by atoms with Gasteiger partial charge in [-0.1, -0.05) is 0 Å². The largest absolute Gasteiger partial charge is 0.265 e. The van der Waals surface area contributed by atoms with E-state index in [1.165, 1.54) is 12.1 Å².